The number of piperidine rings is 1. The number of nitrogens with zero attached hydrogens (tertiary/aromatic N) is 5. The third kappa shape index (κ3) is 6.79. The average Bonchev–Trinajstić information content (AvgIpc) is 3.55. The summed E-state index contributed by atoms with van der Waals surface area (Å²) in [7, 11) is 0. The number of hydrogen-bond acceptors (Lipinski definition) is 9. The van der Waals surface area contributed by atoms with Gasteiger partial charge in [0.2, 0.25) is 5.91 Å². The Bertz CT molecular complexity index is 1350. The number of anilines is 1. The van der Waals surface area contributed by atoms with E-state index in [1.54, 1.807) is 15.9 Å². The maximum atomic E-state index is 13.7. The second-order valence-electron chi connectivity index (χ2n) is 11.9. The molecule has 0 bridgehead atoms. The van der Waals surface area contributed by atoms with Gasteiger partial charge in [0.25, 0.3) is 5.91 Å². The zero-order valence-corrected chi connectivity index (χ0v) is 25.9. The van der Waals surface area contributed by atoms with Crippen LogP contribution < -0.4 is 10.2 Å². The van der Waals surface area contributed by atoms with Gasteiger partial charge in [-0.3, -0.25) is 14.4 Å². The topological polar surface area (TPSA) is 134 Å². The molecule has 3 amide bonds. The zero-order chi connectivity index (χ0) is 31.4. The van der Waals surface area contributed by atoms with Crippen molar-refractivity contribution in [3.05, 3.63) is 42.1 Å². The van der Waals surface area contributed by atoms with E-state index in [-0.39, 0.29) is 47.3 Å². The van der Waals surface area contributed by atoms with Gasteiger partial charge in [-0.1, -0.05) is 51.1 Å². The van der Waals surface area contributed by atoms with Crippen molar-refractivity contribution in [3.63, 3.8) is 0 Å². The number of amides is 3. The van der Waals surface area contributed by atoms with Crippen LogP contribution in [0, 0.1) is 23.7 Å². The second-order valence-corrected chi connectivity index (χ2v) is 11.9. The van der Waals surface area contributed by atoms with Crippen molar-refractivity contribution >= 4 is 29.7 Å². The van der Waals surface area contributed by atoms with Crippen molar-refractivity contribution in [1.82, 2.24) is 25.1 Å². The zero-order valence-electron chi connectivity index (χ0n) is 25.9. The van der Waals surface area contributed by atoms with E-state index in [0.717, 1.165) is 12.0 Å². The van der Waals surface area contributed by atoms with E-state index < -0.39 is 11.9 Å². The van der Waals surface area contributed by atoms with Crippen LogP contribution in [0.25, 0.3) is 11.4 Å². The number of piperazine rings is 1. The number of benzene rings is 1. The highest BCUT2D eigenvalue weighted by Gasteiger charge is 2.60. The Morgan fingerprint density at radius 1 is 0.932 bits per heavy atom. The van der Waals surface area contributed by atoms with Crippen molar-refractivity contribution in [2.45, 2.75) is 40.2 Å². The van der Waals surface area contributed by atoms with Crippen LogP contribution in [0.4, 0.5) is 10.6 Å². The minimum Gasteiger partial charge on any atom is -0.466 e. The molecule has 3 fully saturated rings. The Kier molecular flexibility index (Phi) is 9.65. The van der Waals surface area contributed by atoms with Gasteiger partial charge in [0.1, 0.15) is 17.6 Å². The summed E-state index contributed by atoms with van der Waals surface area (Å²) in [6.45, 7) is 11.0. The Labute approximate surface area is 258 Å². The molecule has 0 spiro atoms. The normalized spacial score (nSPS) is 21.5. The smallest absolute Gasteiger partial charge is 0.409 e. The van der Waals surface area contributed by atoms with Gasteiger partial charge in [-0.25, -0.2) is 14.8 Å². The predicted molar refractivity (Wildman–Crippen MR) is 163 cm³/mol. The van der Waals surface area contributed by atoms with E-state index in [0.29, 0.717) is 64.1 Å². The Morgan fingerprint density at radius 3 is 2.20 bits per heavy atom. The van der Waals surface area contributed by atoms with Crippen molar-refractivity contribution in [2.75, 3.05) is 57.4 Å². The fourth-order valence-corrected chi connectivity index (χ4v) is 6.05. The van der Waals surface area contributed by atoms with Crippen molar-refractivity contribution in [2.24, 2.45) is 23.7 Å². The largest absolute Gasteiger partial charge is 0.466 e. The lowest BCUT2D eigenvalue weighted by Gasteiger charge is -2.36. The fourth-order valence-electron chi connectivity index (χ4n) is 6.05. The van der Waals surface area contributed by atoms with Crippen LogP contribution in [0.3, 0.4) is 0 Å². The van der Waals surface area contributed by atoms with Gasteiger partial charge in [-0.05, 0) is 31.1 Å². The first-order valence-electron chi connectivity index (χ1n) is 15.6. The molecule has 2 saturated heterocycles. The molecule has 1 aliphatic carbocycles. The lowest BCUT2D eigenvalue weighted by molar-refractivity contribution is -0.145. The molecule has 44 heavy (non-hydrogen) atoms. The number of fused-ring (bicyclic) bond motifs is 1. The van der Waals surface area contributed by atoms with Gasteiger partial charge in [-0.2, -0.15) is 0 Å². The Balaban J connectivity index is 1.30. The molecule has 5 rings (SSSR count). The molecule has 4 atom stereocenters. The first kappa shape index (κ1) is 31.2. The number of carbonyl (C=O) groups excluding carboxylic acids is 4. The molecule has 236 valence electrons. The molecule has 1 N–H and O–H groups in total. The molecule has 1 saturated carbocycles. The van der Waals surface area contributed by atoms with E-state index in [1.807, 2.05) is 58.0 Å². The maximum absolute atomic E-state index is 13.7. The highest BCUT2D eigenvalue weighted by Crippen LogP contribution is 2.53. The predicted octanol–water partition coefficient (Wildman–Crippen LogP) is 2.83. The number of carbonyl (C=O) groups is 4. The number of rotatable bonds is 10. The quantitative estimate of drug-likeness (QED) is 0.405. The molecule has 1 aromatic carbocycles. The number of aromatic nitrogens is 2. The van der Waals surface area contributed by atoms with Crippen LogP contribution in [0.2, 0.25) is 0 Å². The van der Waals surface area contributed by atoms with E-state index in [2.05, 4.69) is 15.2 Å². The molecule has 1 aromatic heterocycles. The third-order valence-electron chi connectivity index (χ3n) is 8.55. The summed E-state index contributed by atoms with van der Waals surface area (Å²) in [5.74, 6) is 0.372. The van der Waals surface area contributed by atoms with Crippen LogP contribution in [0.1, 0.15) is 44.6 Å². The van der Waals surface area contributed by atoms with Crippen molar-refractivity contribution < 1.29 is 28.7 Å². The summed E-state index contributed by atoms with van der Waals surface area (Å²) in [6.07, 6.45) is 0.378. The summed E-state index contributed by atoms with van der Waals surface area (Å²) in [6, 6.07) is 10.3. The van der Waals surface area contributed by atoms with Gasteiger partial charge in [0.15, 0.2) is 5.82 Å². The second kappa shape index (κ2) is 13.6. The van der Waals surface area contributed by atoms with Crippen LogP contribution >= 0.6 is 0 Å². The lowest BCUT2D eigenvalue weighted by atomic mass is 10.0. The molecular formula is C32H42N6O6. The molecule has 3 heterocycles. The van der Waals surface area contributed by atoms with Gasteiger partial charge in [-0.15, -0.1) is 0 Å². The molecule has 0 radical (unpaired) electrons. The molecule has 1 unspecified atom stereocenters. The van der Waals surface area contributed by atoms with E-state index in [1.165, 1.54) is 0 Å². The number of ether oxygens (including phenoxy) is 2. The Hall–Kier alpha value is -4.22. The van der Waals surface area contributed by atoms with E-state index in [4.69, 9.17) is 14.5 Å². The first-order chi connectivity index (χ1) is 21.2. The van der Waals surface area contributed by atoms with Crippen molar-refractivity contribution in [1.29, 1.82) is 0 Å². The first-order valence-corrected chi connectivity index (χ1v) is 15.6. The third-order valence-corrected chi connectivity index (χ3v) is 8.55. The summed E-state index contributed by atoms with van der Waals surface area (Å²) >= 11 is 0. The van der Waals surface area contributed by atoms with Gasteiger partial charge >= 0.3 is 12.1 Å². The molecule has 12 heteroatoms. The number of nitrogens with one attached hydrogen (secondary N) is 1. The SMILES string of the molecule is CCCOC(=O)N1CCN(C(=O)[C@@H](NC(=O)c2cc(N3C[C@@H]4C(C(=O)OCC)[C@@H]4C3)nc(-c3ccccc3)n2)C(C)C)CC1. The number of hydrogen-bond donors (Lipinski definition) is 1. The average molecular weight is 607 g/mol. The summed E-state index contributed by atoms with van der Waals surface area (Å²) in [5.41, 5.74) is 0.933. The minimum atomic E-state index is -0.774. The van der Waals surface area contributed by atoms with Crippen LogP contribution in [-0.4, -0.2) is 102 Å². The molecule has 3 aliphatic rings. The highest BCUT2D eigenvalue weighted by atomic mass is 16.6. The lowest BCUT2D eigenvalue weighted by Crippen LogP contribution is -2.57. The molecule has 2 aromatic rings. The van der Waals surface area contributed by atoms with E-state index in [9.17, 15) is 19.2 Å². The van der Waals surface area contributed by atoms with Gasteiger partial charge < -0.3 is 29.5 Å². The number of esters is 1. The molecular weight excluding hydrogens is 564 g/mol. The highest BCUT2D eigenvalue weighted by molar-refractivity contribution is 5.97. The van der Waals surface area contributed by atoms with Gasteiger partial charge in [0.05, 0.1) is 19.1 Å². The summed E-state index contributed by atoms with van der Waals surface area (Å²) < 4.78 is 10.5. The Morgan fingerprint density at radius 2 is 1.59 bits per heavy atom. The fraction of sp³-hybridized carbons (Fsp3) is 0.562. The van der Waals surface area contributed by atoms with Gasteiger partial charge in [0, 0.05) is 50.9 Å². The summed E-state index contributed by atoms with van der Waals surface area (Å²) in [4.78, 5) is 66.6. The standard InChI is InChI=1S/C32H42N6O6/c1-5-16-44-32(42)37-14-12-36(13-15-37)30(40)27(20(3)4)35-29(39)24-17-25(34-28(33-24)21-10-8-7-9-11-21)38-18-22-23(19-38)26(22)31(41)43-6-2/h7-11,17,20,22-23,26-27H,5-6,12-16,18-19H2,1-4H3,(H,35,39)/t22-,23+,26?,27-/m0/s1. The van der Waals surface area contributed by atoms with E-state index >= 15 is 0 Å². The molecule has 2 aliphatic heterocycles. The monoisotopic (exact) mass is 606 g/mol. The van der Waals surface area contributed by atoms with Crippen LogP contribution in [0.5, 0.6) is 0 Å². The molecule has 12 nitrogen and oxygen atoms in total. The minimum absolute atomic E-state index is 0.0777. The maximum Gasteiger partial charge on any atom is 0.409 e. The van der Waals surface area contributed by atoms with Crippen LogP contribution in [0.15, 0.2) is 36.4 Å². The van der Waals surface area contributed by atoms with Crippen LogP contribution in [-0.2, 0) is 19.1 Å². The van der Waals surface area contributed by atoms with Crippen molar-refractivity contribution in [3.8, 4) is 11.4 Å². The summed E-state index contributed by atoms with van der Waals surface area (Å²) in [5, 5.41) is 2.94.